The Morgan fingerprint density at radius 2 is 2.19 bits per heavy atom. The van der Waals surface area contributed by atoms with Crippen LogP contribution in [0.25, 0.3) is 0 Å². The molecule has 0 unspecified atom stereocenters. The lowest BCUT2D eigenvalue weighted by molar-refractivity contribution is -0.114. The van der Waals surface area contributed by atoms with Crippen LogP contribution < -0.4 is 10.1 Å². The van der Waals surface area contributed by atoms with E-state index >= 15 is 0 Å². The Hall–Kier alpha value is -1.64. The van der Waals surface area contributed by atoms with E-state index in [1.165, 1.54) is 36.5 Å². The van der Waals surface area contributed by atoms with Crippen molar-refractivity contribution in [3.05, 3.63) is 18.2 Å². The SMILES string of the molecule is COc1ccc(S(=O)(=O)N2CC[C@H](O)C2)cc1NC(C)=O. The van der Waals surface area contributed by atoms with Crippen molar-refractivity contribution in [3.63, 3.8) is 0 Å². The molecule has 2 N–H and O–H groups in total. The Morgan fingerprint density at radius 3 is 2.71 bits per heavy atom. The molecule has 7 nitrogen and oxygen atoms in total. The van der Waals surface area contributed by atoms with Gasteiger partial charge >= 0.3 is 0 Å². The van der Waals surface area contributed by atoms with E-state index in [4.69, 9.17) is 4.74 Å². The summed E-state index contributed by atoms with van der Waals surface area (Å²) in [6.07, 6.45) is -0.207. The van der Waals surface area contributed by atoms with E-state index in [-0.39, 0.29) is 23.9 Å². The number of β-amino-alcohol motifs (C(OH)–C–C–N with tert-alkyl or cyclic N) is 1. The summed E-state index contributed by atoms with van der Waals surface area (Å²) in [5.74, 6) is 0.0602. The Labute approximate surface area is 123 Å². The maximum Gasteiger partial charge on any atom is 0.243 e. The number of sulfonamides is 1. The van der Waals surface area contributed by atoms with Crippen molar-refractivity contribution in [2.75, 3.05) is 25.5 Å². The van der Waals surface area contributed by atoms with Crippen LogP contribution in [0.5, 0.6) is 5.75 Å². The fourth-order valence-electron chi connectivity index (χ4n) is 2.21. The molecule has 0 saturated carbocycles. The molecule has 116 valence electrons. The van der Waals surface area contributed by atoms with E-state index < -0.39 is 16.1 Å². The van der Waals surface area contributed by atoms with E-state index in [0.717, 1.165) is 0 Å². The van der Waals surface area contributed by atoms with Crippen molar-refractivity contribution in [3.8, 4) is 5.75 Å². The van der Waals surface area contributed by atoms with Gasteiger partial charge in [0.05, 0.1) is 23.8 Å². The van der Waals surface area contributed by atoms with Gasteiger partial charge in [-0.25, -0.2) is 8.42 Å². The van der Waals surface area contributed by atoms with Crippen LogP contribution in [0.2, 0.25) is 0 Å². The van der Waals surface area contributed by atoms with Crippen LogP contribution in [0.1, 0.15) is 13.3 Å². The molecular weight excluding hydrogens is 296 g/mol. The smallest absolute Gasteiger partial charge is 0.243 e. The quantitative estimate of drug-likeness (QED) is 0.839. The van der Waals surface area contributed by atoms with Gasteiger partial charge in [-0.3, -0.25) is 4.79 Å². The van der Waals surface area contributed by atoms with Crippen LogP contribution >= 0.6 is 0 Å². The van der Waals surface area contributed by atoms with Crippen LogP contribution in [0.4, 0.5) is 5.69 Å². The number of nitrogens with zero attached hydrogens (tertiary/aromatic N) is 1. The van der Waals surface area contributed by atoms with Crippen molar-refractivity contribution in [2.24, 2.45) is 0 Å². The number of hydrogen-bond donors (Lipinski definition) is 2. The minimum atomic E-state index is -3.69. The zero-order valence-corrected chi connectivity index (χ0v) is 12.7. The van der Waals surface area contributed by atoms with Crippen molar-refractivity contribution >= 4 is 21.6 Å². The lowest BCUT2D eigenvalue weighted by atomic mass is 10.3. The van der Waals surface area contributed by atoms with Gasteiger partial charge in [-0.15, -0.1) is 0 Å². The number of carbonyl (C=O) groups is 1. The van der Waals surface area contributed by atoms with Gasteiger partial charge in [-0.05, 0) is 24.6 Å². The monoisotopic (exact) mass is 314 g/mol. The molecule has 1 atom stereocenters. The minimum absolute atomic E-state index is 0.0566. The molecular formula is C13H18N2O5S. The second kappa shape index (κ2) is 6.00. The van der Waals surface area contributed by atoms with Crippen LogP contribution in [0, 0.1) is 0 Å². The van der Waals surface area contributed by atoms with Crippen molar-refractivity contribution < 1.29 is 23.1 Å². The van der Waals surface area contributed by atoms with E-state index in [2.05, 4.69) is 5.32 Å². The summed E-state index contributed by atoms with van der Waals surface area (Å²) in [6, 6.07) is 4.27. The van der Waals surface area contributed by atoms with Crippen molar-refractivity contribution in [1.82, 2.24) is 4.31 Å². The molecule has 1 aromatic carbocycles. The second-order valence-electron chi connectivity index (χ2n) is 4.85. The molecule has 1 heterocycles. The first kappa shape index (κ1) is 15.7. The van der Waals surface area contributed by atoms with E-state index in [1.807, 2.05) is 0 Å². The standard InChI is InChI=1S/C13H18N2O5S/c1-9(16)14-12-7-11(3-4-13(12)20-2)21(18,19)15-6-5-10(17)8-15/h3-4,7,10,17H,5-6,8H2,1-2H3,(H,14,16)/t10-/m0/s1. The van der Waals surface area contributed by atoms with E-state index in [1.54, 1.807) is 0 Å². The van der Waals surface area contributed by atoms with Gasteiger partial charge in [-0.2, -0.15) is 4.31 Å². The molecule has 0 aliphatic carbocycles. The average molecular weight is 314 g/mol. The summed E-state index contributed by atoms with van der Waals surface area (Å²) in [6.45, 7) is 1.70. The van der Waals surface area contributed by atoms with Gasteiger partial charge in [0.1, 0.15) is 5.75 Å². The number of carbonyl (C=O) groups excluding carboxylic acids is 1. The number of benzene rings is 1. The molecule has 1 aliphatic rings. The highest BCUT2D eigenvalue weighted by atomic mass is 32.2. The highest BCUT2D eigenvalue weighted by Gasteiger charge is 2.32. The number of aliphatic hydroxyl groups is 1. The molecule has 1 saturated heterocycles. The van der Waals surface area contributed by atoms with Gasteiger partial charge < -0.3 is 15.2 Å². The molecule has 1 aliphatic heterocycles. The molecule has 2 rings (SSSR count). The second-order valence-corrected chi connectivity index (χ2v) is 6.79. The first-order chi connectivity index (χ1) is 9.84. The first-order valence-electron chi connectivity index (χ1n) is 6.48. The van der Waals surface area contributed by atoms with Gasteiger partial charge in [0.25, 0.3) is 0 Å². The molecule has 0 spiro atoms. The Morgan fingerprint density at radius 1 is 1.48 bits per heavy atom. The molecule has 1 amide bonds. The van der Waals surface area contributed by atoms with Gasteiger partial charge in [-0.1, -0.05) is 0 Å². The van der Waals surface area contributed by atoms with E-state index in [0.29, 0.717) is 17.9 Å². The van der Waals surface area contributed by atoms with Crippen LogP contribution in [0.3, 0.4) is 0 Å². The highest BCUT2D eigenvalue weighted by molar-refractivity contribution is 7.89. The fraction of sp³-hybridized carbons (Fsp3) is 0.462. The number of aliphatic hydroxyl groups excluding tert-OH is 1. The molecule has 1 aromatic rings. The van der Waals surface area contributed by atoms with E-state index in [9.17, 15) is 18.3 Å². The van der Waals surface area contributed by atoms with Gasteiger partial charge in [0.15, 0.2) is 0 Å². The number of nitrogens with one attached hydrogen (secondary N) is 1. The zero-order valence-electron chi connectivity index (χ0n) is 11.9. The van der Waals surface area contributed by atoms with Crippen molar-refractivity contribution in [2.45, 2.75) is 24.3 Å². The predicted octanol–water partition coefficient (Wildman–Crippen LogP) is 0.409. The fourth-order valence-corrected chi connectivity index (χ4v) is 3.73. The van der Waals surface area contributed by atoms with Gasteiger partial charge in [0.2, 0.25) is 15.9 Å². The molecule has 8 heteroatoms. The Bertz CT molecular complexity index is 644. The summed E-state index contributed by atoms with van der Waals surface area (Å²) in [5.41, 5.74) is 0.297. The number of methoxy groups -OCH3 is 1. The Kier molecular flexibility index (Phi) is 4.50. The third-order valence-corrected chi connectivity index (χ3v) is 5.11. The number of rotatable bonds is 4. The molecule has 0 radical (unpaired) electrons. The average Bonchev–Trinajstić information content (AvgIpc) is 2.85. The van der Waals surface area contributed by atoms with Crippen molar-refractivity contribution in [1.29, 1.82) is 0 Å². The summed E-state index contributed by atoms with van der Waals surface area (Å²) >= 11 is 0. The highest BCUT2D eigenvalue weighted by Crippen LogP contribution is 2.30. The predicted molar refractivity (Wildman–Crippen MR) is 76.7 cm³/mol. The topological polar surface area (TPSA) is 95.9 Å². The Balaban J connectivity index is 2.37. The molecule has 0 bridgehead atoms. The van der Waals surface area contributed by atoms with Crippen LogP contribution in [-0.4, -0.2) is 50.0 Å². The summed E-state index contributed by atoms with van der Waals surface area (Å²) in [7, 11) is -2.25. The lowest BCUT2D eigenvalue weighted by Gasteiger charge is -2.17. The number of ether oxygens (including phenoxy) is 1. The van der Waals surface area contributed by atoms with Crippen LogP contribution in [0.15, 0.2) is 23.1 Å². The number of amides is 1. The molecule has 1 fully saturated rings. The van der Waals surface area contributed by atoms with Crippen LogP contribution in [-0.2, 0) is 14.8 Å². The number of hydrogen-bond acceptors (Lipinski definition) is 5. The first-order valence-corrected chi connectivity index (χ1v) is 7.92. The third kappa shape index (κ3) is 3.34. The number of anilines is 1. The molecule has 0 aromatic heterocycles. The minimum Gasteiger partial charge on any atom is -0.495 e. The molecule has 21 heavy (non-hydrogen) atoms. The lowest BCUT2D eigenvalue weighted by Crippen LogP contribution is -2.29. The largest absolute Gasteiger partial charge is 0.495 e. The van der Waals surface area contributed by atoms with Gasteiger partial charge in [0, 0.05) is 20.0 Å². The third-order valence-electron chi connectivity index (χ3n) is 3.25. The maximum atomic E-state index is 12.5. The summed E-state index contributed by atoms with van der Waals surface area (Å²) < 4.78 is 31.3. The summed E-state index contributed by atoms with van der Waals surface area (Å²) in [4.78, 5) is 11.2. The normalized spacial score (nSPS) is 19.5. The summed E-state index contributed by atoms with van der Waals surface area (Å²) in [5, 5.41) is 12.0. The maximum absolute atomic E-state index is 12.5. The zero-order chi connectivity index (χ0) is 15.6.